The Labute approximate surface area is 186 Å². The standard InChI is InChI=1S/C20H19F3N2O5S2/c1-12-11-31-17-7-6-15(10-16(17)25-19(12)27)32(28,29)9-8-18(26)24-13-2-4-14(5-3-13)30-20(21,22)23/h2-7,10,12H,8-9,11H2,1H3,(H,24,26)(H,25,27). The lowest BCUT2D eigenvalue weighted by molar-refractivity contribution is -0.274. The molecule has 12 heteroatoms. The molecular weight excluding hydrogens is 469 g/mol. The van der Waals surface area contributed by atoms with Gasteiger partial charge in [-0.3, -0.25) is 9.59 Å². The Hall–Kier alpha value is -2.73. The molecule has 172 valence electrons. The molecule has 32 heavy (non-hydrogen) atoms. The van der Waals surface area contributed by atoms with Crippen molar-refractivity contribution in [2.24, 2.45) is 5.92 Å². The topological polar surface area (TPSA) is 102 Å². The highest BCUT2D eigenvalue weighted by atomic mass is 32.2. The van der Waals surface area contributed by atoms with Crippen LogP contribution in [0.4, 0.5) is 24.5 Å². The van der Waals surface area contributed by atoms with E-state index in [9.17, 15) is 31.2 Å². The number of anilines is 2. The zero-order chi connectivity index (χ0) is 23.5. The third-order valence-corrected chi connectivity index (χ3v) is 7.52. The molecule has 0 spiro atoms. The van der Waals surface area contributed by atoms with E-state index in [1.54, 1.807) is 13.0 Å². The summed E-state index contributed by atoms with van der Waals surface area (Å²) in [6, 6.07) is 8.91. The molecule has 1 heterocycles. The van der Waals surface area contributed by atoms with Crippen LogP contribution in [-0.2, 0) is 19.4 Å². The minimum Gasteiger partial charge on any atom is -0.406 e. The van der Waals surface area contributed by atoms with Gasteiger partial charge in [0.05, 0.1) is 16.3 Å². The van der Waals surface area contributed by atoms with Crippen LogP contribution in [0.5, 0.6) is 5.75 Å². The number of hydrogen-bond donors (Lipinski definition) is 2. The molecule has 0 bridgehead atoms. The molecule has 0 aliphatic carbocycles. The Balaban J connectivity index is 1.61. The summed E-state index contributed by atoms with van der Waals surface area (Å²) in [4.78, 5) is 24.9. The minimum atomic E-state index is -4.82. The van der Waals surface area contributed by atoms with Crippen molar-refractivity contribution in [3.05, 3.63) is 42.5 Å². The lowest BCUT2D eigenvalue weighted by Crippen LogP contribution is -2.20. The van der Waals surface area contributed by atoms with Crippen molar-refractivity contribution in [3.63, 3.8) is 0 Å². The summed E-state index contributed by atoms with van der Waals surface area (Å²) in [5.41, 5.74) is 0.608. The second kappa shape index (κ2) is 9.41. The molecule has 1 aliphatic rings. The average Bonchev–Trinajstić information content (AvgIpc) is 2.85. The van der Waals surface area contributed by atoms with Gasteiger partial charge < -0.3 is 15.4 Å². The number of benzene rings is 2. The van der Waals surface area contributed by atoms with E-state index < -0.39 is 33.6 Å². The number of alkyl halides is 3. The molecule has 1 aliphatic heterocycles. The predicted octanol–water partition coefficient (Wildman–Crippen LogP) is 4.07. The second-order valence-corrected chi connectivity index (χ2v) is 10.2. The molecule has 7 nitrogen and oxygen atoms in total. The number of ether oxygens (including phenoxy) is 1. The first-order chi connectivity index (χ1) is 14.9. The fourth-order valence-corrected chi connectivity index (χ4v) is 5.05. The van der Waals surface area contributed by atoms with Crippen LogP contribution in [0.3, 0.4) is 0 Å². The van der Waals surface area contributed by atoms with E-state index >= 15 is 0 Å². The van der Waals surface area contributed by atoms with Gasteiger partial charge in [0, 0.05) is 28.7 Å². The summed E-state index contributed by atoms with van der Waals surface area (Å²) in [6.45, 7) is 1.78. The molecule has 0 radical (unpaired) electrons. The zero-order valence-electron chi connectivity index (χ0n) is 16.7. The molecule has 0 saturated heterocycles. The summed E-state index contributed by atoms with van der Waals surface area (Å²) in [6.07, 6.45) is -5.19. The van der Waals surface area contributed by atoms with Crippen LogP contribution in [-0.4, -0.2) is 38.1 Å². The van der Waals surface area contributed by atoms with Gasteiger partial charge in [0.15, 0.2) is 9.84 Å². The van der Waals surface area contributed by atoms with E-state index in [1.165, 1.54) is 36.0 Å². The number of sulfone groups is 1. The van der Waals surface area contributed by atoms with Crippen molar-refractivity contribution in [3.8, 4) is 5.75 Å². The number of halogens is 3. The number of rotatable bonds is 6. The molecule has 0 fully saturated rings. The Morgan fingerprint density at radius 2 is 1.91 bits per heavy atom. The van der Waals surface area contributed by atoms with E-state index in [0.717, 1.165) is 17.0 Å². The molecule has 2 aromatic rings. The summed E-state index contributed by atoms with van der Waals surface area (Å²) >= 11 is 1.45. The fourth-order valence-electron chi connectivity index (χ4n) is 2.78. The van der Waals surface area contributed by atoms with Crippen LogP contribution < -0.4 is 15.4 Å². The molecule has 0 aromatic heterocycles. The maximum absolute atomic E-state index is 12.7. The first kappa shape index (κ1) is 23.9. The van der Waals surface area contributed by atoms with E-state index in [2.05, 4.69) is 15.4 Å². The predicted molar refractivity (Wildman–Crippen MR) is 113 cm³/mol. The van der Waals surface area contributed by atoms with E-state index in [4.69, 9.17) is 0 Å². The number of carbonyl (C=O) groups excluding carboxylic acids is 2. The van der Waals surface area contributed by atoms with Gasteiger partial charge >= 0.3 is 6.36 Å². The lowest BCUT2D eigenvalue weighted by atomic mass is 10.2. The maximum atomic E-state index is 12.7. The van der Waals surface area contributed by atoms with Crippen molar-refractivity contribution < 1.29 is 35.9 Å². The monoisotopic (exact) mass is 488 g/mol. The molecule has 0 saturated carbocycles. The number of hydrogen-bond acceptors (Lipinski definition) is 6. The van der Waals surface area contributed by atoms with Crippen LogP contribution in [0, 0.1) is 5.92 Å². The Morgan fingerprint density at radius 3 is 2.56 bits per heavy atom. The summed E-state index contributed by atoms with van der Waals surface area (Å²) < 4.78 is 65.6. The zero-order valence-corrected chi connectivity index (χ0v) is 18.4. The first-order valence-corrected chi connectivity index (χ1v) is 12.0. The SMILES string of the molecule is CC1CSc2ccc(S(=O)(=O)CCC(=O)Nc3ccc(OC(F)(F)F)cc3)cc2NC1=O. The van der Waals surface area contributed by atoms with Gasteiger partial charge in [-0.25, -0.2) is 8.42 Å². The number of thioether (sulfide) groups is 1. The third kappa shape index (κ3) is 6.39. The Morgan fingerprint density at radius 1 is 1.22 bits per heavy atom. The molecule has 1 atom stereocenters. The average molecular weight is 489 g/mol. The van der Waals surface area contributed by atoms with Gasteiger partial charge in [0.2, 0.25) is 11.8 Å². The highest BCUT2D eigenvalue weighted by Crippen LogP contribution is 2.34. The highest BCUT2D eigenvalue weighted by molar-refractivity contribution is 7.99. The maximum Gasteiger partial charge on any atom is 0.573 e. The molecule has 2 amide bonds. The van der Waals surface area contributed by atoms with E-state index in [1.807, 2.05) is 0 Å². The normalized spacial score (nSPS) is 16.5. The van der Waals surface area contributed by atoms with Crippen LogP contribution in [0.2, 0.25) is 0 Å². The van der Waals surface area contributed by atoms with Gasteiger partial charge in [0.25, 0.3) is 0 Å². The van der Waals surface area contributed by atoms with Gasteiger partial charge in [-0.15, -0.1) is 24.9 Å². The highest BCUT2D eigenvalue weighted by Gasteiger charge is 2.31. The van der Waals surface area contributed by atoms with Crippen molar-refractivity contribution in [1.82, 2.24) is 0 Å². The number of carbonyl (C=O) groups is 2. The van der Waals surface area contributed by atoms with Crippen LogP contribution in [0.15, 0.2) is 52.3 Å². The molecule has 1 unspecified atom stereocenters. The van der Waals surface area contributed by atoms with Crippen molar-refractivity contribution >= 4 is 44.8 Å². The summed E-state index contributed by atoms with van der Waals surface area (Å²) in [7, 11) is -3.82. The van der Waals surface area contributed by atoms with E-state index in [-0.39, 0.29) is 28.8 Å². The minimum absolute atomic E-state index is 0.0202. The fraction of sp³-hybridized carbons (Fsp3) is 0.300. The van der Waals surface area contributed by atoms with Gasteiger partial charge in [-0.1, -0.05) is 6.92 Å². The van der Waals surface area contributed by atoms with Crippen LogP contribution in [0.25, 0.3) is 0 Å². The molecule has 3 rings (SSSR count). The third-order valence-electron chi connectivity index (χ3n) is 4.47. The number of amides is 2. The van der Waals surface area contributed by atoms with Crippen molar-refractivity contribution in [2.75, 3.05) is 22.1 Å². The van der Waals surface area contributed by atoms with Gasteiger partial charge in [-0.2, -0.15) is 0 Å². The van der Waals surface area contributed by atoms with Gasteiger partial charge in [-0.05, 0) is 42.5 Å². The molecule has 2 aromatic carbocycles. The quantitative estimate of drug-likeness (QED) is 0.636. The smallest absolute Gasteiger partial charge is 0.406 e. The Kier molecular flexibility index (Phi) is 7.03. The molecular formula is C20H19F3N2O5S2. The first-order valence-electron chi connectivity index (χ1n) is 9.39. The molecule has 2 N–H and O–H groups in total. The second-order valence-electron chi connectivity index (χ2n) is 7.05. The van der Waals surface area contributed by atoms with Crippen molar-refractivity contribution in [2.45, 2.75) is 29.5 Å². The van der Waals surface area contributed by atoms with Crippen molar-refractivity contribution in [1.29, 1.82) is 0 Å². The summed E-state index contributed by atoms with van der Waals surface area (Å²) in [5.74, 6) is -1.38. The number of nitrogens with one attached hydrogen (secondary N) is 2. The van der Waals surface area contributed by atoms with E-state index in [0.29, 0.717) is 11.4 Å². The van der Waals surface area contributed by atoms with Crippen LogP contribution in [0.1, 0.15) is 13.3 Å². The Bertz CT molecular complexity index is 1120. The largest absolute Gasteiger partial charge is 0.573 e. The lowest BCUT2D eigenvalue weighted by Gasteiger charge is -2.11. The number of fused-ring (bicyclic) bond motifs is 1. The summed E-state index contributed by atoms with van der Waals surface area (Å²) in [5, 5.41) is 5.14. The van der Waals surface area contributed by atoms with Gasteiger partial charge in [0.1, 0.15) is 5.75 Å². The van der Waals surface area contributed by atoms with Crippen LogP contribution >= 0.6 is 11.8 Å².